The topological polar surface area (TPSA) is 55.7 Å². The molecule has 126 valence electrons. The summed E-state index contributed by atoms with van der Waals surface area (Å²) in [6, 6.07) is 5.35. The number of rotatable bonds is 7. The van der Waals surface area contributed by atoms with Crippen molar-refractivity contribution in [2.24, 2.45) is 4.99 Å². The number of ketones is 2. The number of fused-ring (bicyclic) bond motifs is 1. The lowest BCUT2D eigenvalue weighted by atomic mass is 10.0. The van der Waals surface area contributed by atoms with Gasteiger partial charge in [0.1, 0.15) is 11.4 Å². The van der Waals surface area contributed by atoms with Gasteiger partial charge in [-0.15, -0.1) is 11.8 Å². The van der Waals surface area contributed by atoms with E-state index in [0.717, 1.165) is 16.4 Å². The fraction of sp³-hybridized carbons (Fsp3) is 0.278. The summed E-state index contributed by atoms with van der Waals surface area (Å²) in [6.07, 6.45) is 3.43. The molecule has 4 nitrogen and oxygen atoms in total. The van der Waals surface area contributed by atoms with Gasteiger partial charge in [0.05, 0.1) is 16.5 Å². The third kappa shape index (κ3) is 4.58. The maximum absolute atomic E-state index is 12.3. The van der Waals surface area contributed by atoms with Crippen LogP contribution in [-0.4, -0.2) is 30.6 Å². The van der Waals surface area contributed by atoms with Crippen LogP contribution in [0.3, 0.4) is 0 Å². The molecule has 0 atom stereocenters. The van der Waals surface area contributed by atoms with Crippen molar-refractivity contribution in [3.8, 4) is 5.75 Å². The molecule has 0 saturated carbocycles. The molecule has 1 aliphatic heterocycles. The van der Waals surface area contributed by atoms with Gasteiger partial charge < -0.3 is 4.74 Å². The number of hydrogen-bond donors (Lipinski definition) is 0. The van der Waals surface area contributed by atoms with Crippen molar-refractivity contribution in [3.63, 3.8) is 0 Å². The number of aliphatic imine (C=N–C) groups is 1. The summed E-state index contributed by atoms with van der Waals surface area (Å²) in [6.45, 7) is 5.83. The van der Waals surface area contributed by atoms with Crippen LogP contribution in [0.1, 0.15) is 30.1 Å². The number of benzene rings is 1. The maximum atomic E-state index is 12.3. The first-order valence-electron chi connectivity index (χ1n) is 7.52. The summed E-state index contributed by atoms with van der Waals surface area (Å²) in [5.74, 6) is 1.28. The second kappa shape index (κ2) is 8.85. The average molecular weight is 364 g/mol. The van der Waals surface area contributed by atoms with E-state index in [2.05, 4.69) is 11.7 Å². The normalized spacial score (nSPS) is 14.6. The molecule has 1 aliphatic rings. The van der Waals surface area contributed by atoms with Gasteiger partial charge >= 0.3 is 0 Å². The first-order valence-corrected chi connectivity index (χ1v) is 8.88. The number of halogens is 1. The smallest absolute Gasteiger partial charge is 0.183 e. The molecule has 1 aromatic carbocycles. The number of Topliss-reactive ketones (excluding diaryl/α,β-unsaturated/α-hetero) is 2. The van der Waals surface area contributed by atoms with E-state index in [0.29, 0.717) is 12.2 Å². The largest absolute Gasteiger partial charge is 0.492 e. The van der Waals surface area contributed by atoms with Gasteiger partial charge in [0, 0.05) is 24.2 Å². The second-order valence-electron chi connectivity index (χ2n) is 5.06. The molecule has 2 rings (SSSR count). The predicted octanol–water partition coefficient (Wildman–Crippen LogP) is 4.43. The Hall–Kier alpha value is -1.85. The van der Waals surface area contributed by atoms with Gasteiger partial charge in [0.15, 0.2) is 11.6 Å². The molecule has 0 aliphatic carbocycles. The lowest BCUT2D eigenvalue weighted by Crippen LogP contribution is -2.09. The zero-order chi connectivity index (χ0) is 17.5. The van der Waals surface area contributed by atoms with Gasteiger partial charge in [-0.2, -0.15) is 0 Å². The zero-order valence-corrected chi connectivity index (χ0v) is 15.0. The summed E-state index contributed by atoms with van der Waals surface area (Å²) in [5.41, 5.74) is 0.674. The lowest BCUT2D eigenvalue weighted by Gasteiger charge is -2.17. The predicted molar refractivity (Wildman–Crippen MR) is 98.5 cm³/mol. The van der Waals surface area contributed by atoms with Crippen molar-refractivity contribution in [1.82, 2.24) is 0 Å². The van der Waals surface area contributed by atoms with Crippen LogP contribution in [0.15, 0.2) is 51.0 Å². The molecule has 0 amide bonds. The number of ether oxygens (including phenoxy) is 1. The van der Waals surface area contributed by atoms with Gasteiger partial charge in [-0.3, -0.25) is 14.6 Å². The van der Waals surface area contributed by atoms with Gasteiger partial charge in [-0.05, 0) is 37.9 Å². The second-order valence-corrected chi connectivity index (χ2v) is 6.60. The van der Waals surface area contributed by atoms with Gasteiger partial charge in [0.25, 0.3) is 0 Å². The van der Waals surface area contributed by atoms with Crippen molar-refractivity contribution >= 4 is 41.6 Å². The number of nitrogens with zero attached hydrogens (tertiary/aromatic N) is 1. The molecule has 0 aromatic heterocycles. The molecule has 1 heterocycles. The lowest BCUT2D eigenvalue weighted by molar-refractivity contribution is -0.115. The van der Waals surface area contributed by atoms with Crippen LogP contribution >= 0.6 is 23.4 Å². The Morgan fingerprint density at radius 2 is 2.21 bits per heavy atom. The highest BCUT2D eigenvalue weighted by Gasteiger charge is 2.17. The fourth-order valence-electron chi connectivity index (χ4n) is 2.23. The number of carbonyl (C=O) groups is 2. The quantitative estimate of drug-likeness (QED) is 0.311. The van der Waals surface area contributed by atoms with Crippen molar-refractivity contribution in [2.75, 3.05) is 12.4 Å². The minimum absolute atomic E-state index is 0.0433. The molecular weight excluding hydrogens is 346 g/mol. The van der Waals surface area contributed by atoms with Crippen LogP contribution in [0.25, 0.3) is 0 Å². The Bertz CT molecular complexity index is 725. The molecule has 0 saturated heterocycles. The molecule has 0 radical (unpaired) electrons. The average Bonchev–Trinajstić information content (AvgIpc) is 2.60. The molecule has 0 unspecified atom stereocenters. The van der Waals surface area contributed by atoms with E-state index >= 15 is 0 Å². The molecule has 0 bridgehead atoms. The SMILES string of the molecule is C=N/C(C(=O)CCC(=O)c1ccc2c(c1)SCCO2)=C(Cl)\C=C/C. The third-order valence-corrected chi connectivity index (χ3v) is 4.71. The molecule has 1 aromatic rings. The van der Waals surface area contributed by atoms with Crippen molar-refractivity contribution < 1.29 is 14.3 Å². The summed E-state index contributed by atoms with van der Waals surface area (Å²) >= 11 is 7.65. The first-order chi connectivity index (χ1) is 11.6. The van der Waals surface area contributed by atoms with Crippen LogP contribution in [0.2, 0.25) is 0 Å². The summed E-state index contributed by atoms with van der Waals surface area (Å²) in [7, 11) is 0. The van der Waals surface area contributed by atoms with Crippen molar-refractivity contribution in [3.05, 3.63) is 46.6 Å². The molecule has 0 spiro atoms. The standard InChI is InChI=1S/C18H18ClNO3S/c1-3-4-13(19)18(20-2)15(22)7-6-14(21)12-5-8-16-17(11-12)24-10-9-23-16/h3-5,8,11H,2,6-7,9-10H2,1H3/b4-3-,18-13+. The molecule has 6 heteroatoms. The van der Waals surface area contributed by atoms with E-state index in [-0.39, 0.29) is 35.1 Å². The molecule has 24 heavy (non-hydrogen) atoms. The van der Waals surface area contributed by atoms with Crippen LogP contribution in [0.5, 0.6) is 5.75 Å². The highest BCUT2D eigenvalue weighted by molar-refractivity contribution is 7.99. The van der Waals surface area contributed by atoms with Gasteiger partial charge in [0.2, 0.25) is 0 Å². The third-order valence-electron chi connectivity index (χ3n) is 3.40. The maximum Gasteiger partial charge on any atom is 0.183 e. The first kappa shape index (κ1) is 18.5. The van der Waals surface area contributed by atoms with E-state index in [1.54, 1.807) is 43.0 Å². The van der Waals surface area contributed by atoms with Crippen molar-refractivity contribution in [1.29, 1.82) is 0 Å². The molecular formula is C18H18ClNO3S. The summed E-state index contributed by atoms with van der Waals surface area (Å²) in [5, 5.41) is 0.229. The highest BCUT2D eigenvalue weighted by Crippen LogP contribution is 2.34. The van der Waals surface area contributed by atoms with Crippen LogP contribution in [0.4, 0.5) is 0 Å². The number of carbonyl (C=O) groups excluding carboxylic acids is 2. The summed E-state index contributed by atoms with van der Waals surface area (Å²) in [4.78, 5) is 29.1. The van der Waals surface area contributed by atoms with E-state index in [4.69, 9.17) is 16.3 Å². The van der Waals surface area contributed by atoms with Crippen LogP contribution < -0.4 is 4.74 Å². The fourth-order valence-corrected chi connectivity index (χ4v) is 3.39. The minimum atomic E-state index is -0.294. The highest BCUT2D eigenvalue weighted by atomic mass is 35.5. The molecule has 0 fully saturated rings. The van der Waals surface area contributed by atoms with Crippen LogP contribution in [0, 0.1) is 0 Å². The van der Waals surface area contributed by atoms with E-state index in [9.17, 15) is 9.59 Å². The number of allylic oxidation sites excluding steroid dienone is 4. The van der Waals surface area contributed by atoms with Gasteiger partial charge in [-0.1, -0.05) is 17.7 Å². The van der Waals surface area contributed by atoms with Gasteiger partial charge in [-0.25, -0.2) is 0 Å². The van der Waals surface area contributed by atoms with Crippen molar-refractivity contribution in [2.45, 2.75) is 24.7 Å². The van der Waals surface area contributed by atoms with Crippen LogP contribution in [-0.2, 0) is 4.79 Å². The Kier molecular flexibility index (Phi) is 6.82. The Labute approximate surface area is 150 Å². The van der Waals surface area contributed by atoms with E-state index in [1.165, 1.54) is 0 Å². The summed E-state index contributed by atoms with van der Waals surface area (Å²) < 4.78 is 5.52. The Morgan fingerprint density at radius 1 is 1.42 bits per heavy atom. The Balaban J connectivity index is 2.04. The van der Waals surface area contributed by atoms with E-state index < -0.39 is 0 Å². The zero-order valence-electron chi connectivity index (χ0n) is 13.4. The van der Waals surface area contributed by atoms with E-state index in [1.807, 2.05) is 6.07 Å². The Morgan fingerprint density at radius 3 is 2.92 bits per heavy atom. The molecule has 0 N–H and O–H groups in total. The minimum Gasteiger partial charge on any atom is -0.492 e. The number of hydrogen-bond acceptors (Lipinski definition) is 5. The monoisotopic (exact) mass is 363 g/mol. The number of thioether (sulfide) groups is 1.